The Bertz CT molecular complexity index is 506. The van der Waals surface area contributed by atoms with E-state index in [1.54, 1.807) is 31.4 Å². The van der Waals surface area contributed by atoms with Crippen LogP contribution in [0.1, 0.15) is 59.2 Å². The Hall–Kier alpha value is -1.88. The molecule has 5 heteroatoms. The second-order valence-corrected chi connectivity index (χ2v) is 5.99. The fourth-order valence-corrected chi connectivity index (χ4v) is 2.83. The second-order valence-electron chi connectivity index (χ2n) is 5.99. The molecule has 2 rings (SSSR count). The summed E-state index contributed by atoms with van der Waals surface area (Å²) in [6.45, 7) is 0.951. The summed E-state index contributed by atoms with van der Waals surface area (Å²) in [6, 6.07) is 7.06. The van der Waals surface area contributed by atoms with Gasteiger partial charge in [-0.3, -0.25) is 9.59 Å². The SMILES string of the molecule is COCCNC(=O)c1ccc(C(=O)NC2CCCCCC2)cc1. The van der Waals surface area contributed by atoms with E-state index >= 15 is 0 Å². The van der Waals surface area contributed by atoms with E-state index in [0.717, 1.165) is 12.8 Å². The van der Waals surface area contributed by atoms with Gasteiger partial charge in [-0.2, -0.15) is 0 Å². The summed E-state index contributed by atoms with van der Waals surface area (Å²) in [5, 5.41) is 5.87. The zero-order valence-corrected chi connectivity index (χ0v) is 13.8. The number of hydrogen-bond acceptors (Lipinski definition) is 3. The molecule has 1 saturated carbocycles. The van der Waals surface area contributed by atoms with Crippen LogP contribution in [0.2, 0.25) is 0 Å². The van der Waals surface area contributed by atoms with Crippen molar-refractivity contribution in [3.05, 3.63) is 35.4 Å². The van der Waals surface area contributed by atoms with Crippen LogP contribution >= 0.6 is 0 Å². The van der Waals surface area contributed by atoms with Crippen molar-refractivity contribution in [1.29, 1.82) is 0 Å². The van der Waals surface area contributed by atoms with E-state index in [9.17, 15) is 9.59 Å². The van der Waals surface area contributed by atoms with E-state index < -0.39 is 0 Å². The highest BCUT2D eigenvalue weighted by Gasteiger charge is 2.16. The lowest BCUT2D eigenvalue weighted by atomic mass is 10.1. The standard InChI is InChI=1S/C18H26N2O3/c1-23-13-12-19-17(21)14-8-10-15(11-9-14)18(22)20-16-6-4-2-3-5-7-16/h8-11,16H,2-7,12-13H2,1H3,(H,19,21)(H,20,22). The van der Waals surface area contributed by atoms with Gasteiger partial charge in [0, 0.05) is 30.8 Å². The Morgan fingerprint density at radius 2 is 1.57 bits per heavy atom. The Morgan fingerprint density at radius 1 is 1.00 bits per heavy atom. The van der Waals surface area contributed by atoms with Crippen molar-refractivity contribution >= 4 is 11.8 Å². The van der Waals surface area contributed by atoms with E-state index in [0.29, 0.717) is 24.3 Å². The van der Waals surface area contributed by atoms with Gasteiger partial charge in [0.1, 0.15) is 0 Å². The topological polar surface area (TPSA) is 67.4 Å². The summed E-state index contributed by atoms with van der Waals surface area (Å²) in [5.74, 6) is -0.207. The molecule has 0 heterocycles. The van der Waals surface area contributed by atoms with Crippen LogP contribution in [-0.4, -0.2) is 38.1 Å². The number of benzene rings is 1. The van der Waals surface area contributed by atoms with Gasteiger partial charge in [0.05, 0.1) is 6.61 Å². The molecule has 1 aromatic carbocycles. The highest BCUT2D eigenvalue weighted by atomic mass is 16.5. The van der Waals surface area contributed by atoms with Crippen LogP contribution in [-0.2, 0) is 4.74 Å². The third kappa shape index (κ3) is 5.67. The van der Waals surface area contributed by atoms with Crippen LogP contribution in [0.4, 0.5) is 0 Å². The number of rotatable bonds is 6. The Kier molecular flexibility index (Phi) is 7.07. The zero-order valence-electron chi connectivity index (χ0n) is 13.8. The predicted octanol–water partition coefficient (Wildman–Crippen LogP) is 2.52. The number of carbonyl (C=O) groups excluding carboxylic acids is 2. The number of carbonyl (C=O) groups is 2. The van der Waals surface area contributed by atoms with Crippen LogP contribution in [0.3, 0.4) is 0 Å². The third-order valence-corrected chi connectivity index (χ3v) is 4.19. The molecule has 0 aromatic heterocycles. The minimum absolute atomic E-state index is 0.0526. The summed E-state index contributed by atoms with van der Waals surface area (Å²) in [4.78, 5) is 24.2. The maximum Gasteiger partial charge on any atom is 0.251 e. The van der Waals surface area contributed by atoms with Crippen molar-refractivity contribution in [2.45, 2.75) is 44.6 Å². The average molecular weight is 318 g/mol. The van der Waals surface area contributed by atoms with Crippen molar-refractivity contribution in [2.75, 3.05) is 20.3 Å². The predicted molar refractivity (Wildman–Crippen MR) is 89.6 cm³/mol. The molecule has 126 valence electrons. The van der Waals surface area contributed by atoms with Crippen LogP contribution in [0.5, 0.6) is 0 Å². The van der Waals surface area contributed by atoms with Gasteiger partial charge in [-0.15, -0.1) is 0 Å². The van der Waals surface area contributed by atoms with E-state index in [-0.39, 0.29) is 17.9 Å². The molecule has 1 fully saturated rings. The molecule has 2 N–H and O–H groups in total. The van der Waals surface area contributed by atoms with Gasteiger partial charge in [0.2, 0.25) is 0 Å². The molecule has 0 spiro atoms. The van der Waals surface area contributed by atoms with Crippen molar-refractivity contribution in [1.82, 2.24) is 10.6 Å². The summed E-state index contributed by atoms with van der Waals surface area (Å²) < 4.78 is 4.89. The summed E-state index contributed by atoms with van der Waals surface area (Å²) in [7, 11) is 1.59. The first kappa shape index (κ1) is 17.5. The largest absolute Gasteiger partial charge is 0.383 e. The lowest BCUT2D eigenvalue weighted by molar-refractivity contribution is 0.0923. The van der Waals surface area contributed by atoms with Crippen molar-refractivity contribution in [3.8, 4) is 0 Å². The lowest BCUT2D eigenvalue weighted by Crippen LogP contribution is -2.34. The van der Waals surface area contributed by atoms with Crippen molar-refractivity contribution in [2.24, 2.45) is 0 Å². The Morgan fingerprint density at radius 3 is 2.13 bits per heavy atom. The summed E-state index contributed by atoms with van der Waals surface area (Å²) in [6.07, 6.45) is 7.02. The van der Waals surface area contributed by atoms with Crippen molar-refractivity contribution < 1.29 is 14.3 Å². The van der Waals surface area contributed by atoms with Gasteiger partial charge in [0.15, 0.2) is 0 Å². The van der Waals surface area contributed by atoms with Crippen LogP contribution in [0.15, 0.2) is 24.3 Å². The van der Waals surface area contributed by atoms with Crippen LogP contribution in [0.25, 0.3) is 0 Å². The van der Waals surface area contributed by atoms with E-state index in [1.165, 1.54) is 25.7 Å². The summed E-state index contributed by atoms with van der Waals surface area (Å²) >= 11 is 0. The number of hydrogen-bond donors (Lipinski definition) is 2. The molecule has 2 amide bonds. The van der Waals surface area contributed by atoms with Gasteiger partial charge < -0.3 is 15.4 Å². The molecular formula is C18H26N2O3. The zero-order chi connectivity index (χ0) is 16.5. The van der Waals surface area contributed by atoms with E-state index in [4.69, 9.17) is 4.74 Å². The highest BCUT2D eigenvalue weighted by molar-refractivity contribution is 5.97. The normalized spacial score (nSPS) is 15.7. The molecule has 0 radical (unpaired) electrons. The number of nitrogens with one attached hydrogen (secondary N) is 2. The fraction of sp³-hybridized carbons (Fsp3) is 0.556. The molecule has 0 bridgehead atoms. The summed E-state index contributed by atoms with van der Waals surface area (Å²) in [5.41, 5.74) is 1.15. The molecule has 23 heavy (non-hydrogen) atoms. The van der Waals surface area contributed by atoms with Crippen LogP contribution in [0, 0.1) is 0 Å². The maximum atomic E-state index is 12.3. The molecule has 0 unspecified atom stereocenters. The molecule has 1 aromatic rings. The smallest absolute Gasteiger partial charge is 0.251 e. The quantitative estimate of drug-likeness (QED) is 0.625. The van der Waals surface area contributed by atoms with Gasteiger partial charge >= 0.3 is 0 Å². The first-order chi connectivity index (χ1) is 11.2. The molecule has 1 aliphatic carbocycles. The first-order valence-corrected chi connectivity index (χ1v) is 8.39. The van der Waals surface area contributed by atoms with Gasteiger partial charge in [0.25, 0.3) is 11.8 Å². The number of ether oxygens (including phenoxy) is 1. The fourth-order valence-electron chi connectivity index (χ4n) is 2.83. The third-order valence-electron chi connectivity index (χ3n) is 4.19. The first-order valence-electron chi connectivity index (χ1n) is 8.39. The maximum absolute atomic E-state index is 12.3. The monoisotopic (exact) mass is 318 g/mol. The molecular weight excluding hydrogens is 292 g/mol. The van der Waals surface area contributed by atoms with E-state index in [2.05, 4.69) is 10.6 Å². The second kappa shape index (κ2) is 9.30. The van der Waals surface area contributed by atoms with Gasteiger partial charge in [-0.1, -0.05) is 25.7 Å². The van der Waals surface area contributed by atoms with Crippen molar-refractivity contribution in [3.63, 3.8) is 0 Å². The molecule has 0 atom stereocenters. The molecule has 0 aliphatic heterocycles. The molecule has 5 nitrogen and oxygen atoms in total. The lowest BCUT2D eigenvalue weighted by Gasteiger charge is -2.16. The minimum atomic E-state index is -0.155. The van der Waals surface area contributed by atoms with Gasteiger partial charge in [-0.05, 0) is 37.1 Å². The Labute approximate surface area is 137 Å². The molecule has 0 saturated heterocycles. The Balaban J connectivity index is 1.87. The average Bonchev–Trinajstić information content (AvgIpc) is 2.84. The number of methoxy groups -OCH3 is 1. The van der Waals surface area contributed by atoms with E-state index in [1.807, 2.05) is 0 Å². The highest BCUT2D eigenvalue weighted by Crippen LogP contribution is 2.17. The molecule has 1 aliphatic rings. The number of amides is 2. The van der Waals surface area contributed by atoms with Gasteiger partial charge in [-0.25, -0.2) is 0 Å². The minimum Gasteiger partial charge on any atom is -0.383 e. The van der Waals surface area contributed by atoms with Crippen LogP contribution < -0.4 is 10.6 Å².